The van der Waals surface area contributed by atoms with Crippen LogP contribution in [0.15, 0.2) is 28.8 Å². The Labute approximate surface area is 195 Å². The summed E-state index contributed by atoms with van der Waals surface area (Å²) < 4.78 is 5.57. The van der Waals surface area contributed by atoms with Crippen molar-refractivity contribution in [2.24, 2.45) is 5.92 Å². The third-order valence-electron chi connectivity index (χ3n) is 5.68. The number of nitrogens with zero attached hydrogens (tertiary/aromatic N) is 4. The fraction of sp³-hybridized carbons (Fsp3) is 0.583. The molecule has 8 heteroatoms. The third-order valence-corrected chi connectivity index (χ3v) is 5.91. The Kier molecular flexibility index (Phi) is 8.67. The van der Waals surface area contributed by atoms with Crippen molar-refractivity contribution in [1.82, 2.24) is 19.9 Å². The second-order valence-electron chi connectivity index (χ2n) is 8.83. The average molecular weight is 461 g/mol. The van der Waals surface area contributed by atoms with E-state index >= 15 is 0 Å². The third kappa shape index (κ3) is 6.31. The van der Waals surface area contributed by atoms with Gasteiger partial charge in [0.25, 0.3) is 0 Å². The van der Waals surface area contributed by atoms with E-state index in [1.54, 1.807) is 21.9 Å². The molecule has 1 aromatic carbocycles. The van der Waals surface area contributed by atoms with Gasteiger partial charge in [-0.2, -0.15) is 4.98 Å². The van der Waals surface area contributed by atoms with E-state index in [-0.39, 0.29) is 30.3 Å². The smallest absolute Gasteiger partial charge is 0.249 e. The molecular formula is C24H33ClN4O3. The van der Waals surface area contributed by atoms with E-state index in [0.717, 1.165) is 37.7 Å². The van der Waals surface area contributed by atoms with Crippen molar-refractivity contribution < 1.29 is 14.1 Å². The number of rotatable bonds is 9. The quantitative estimate of drug-likeness (QED) is 0.519. The fourth-order valence-electron chi connectivity index (χ4n) is 3.98. The molecule has 7 nitrogen and oxygen atoms in total. The zero-order chi connectivity index (χ0) is 23.1. The number of halogens is 1. The molecule has 2 heterocycles. The number of benzene rings is 1. The monoisotopic (exact) mass is 460 g/mol. The molecule has 1 fully saturated rings. The van der Waals surface area contributed by atoms with E-state index in [0.29, 0.717) is 36.2 Å². The van der Waals surface area contributed by atoms with Gasteiger partial charge in [0.1, 0.15) is 6.04 Å². The van der Waals surface area contributed by atoms with E-state index in [1.807, 2.05) is 26.0 Å². The maximum Gasteiger partial charge on any atom is 0.249 e. The van der Waals surface area contributed by atoms with Crippen LogP contribution < -0.4 is 0 Å². The van der Waals surface area contributed by atoms with Crippen LogP contribution in [0.3, 0.4) is 0 Å². The predicted octanol–water partition coefficient (Wildman–Crippen LogP) is 5.12. The van der Waals surface area contributed by atoms with Gasteiger partial charge in [-0.3, -0.25) is 9.59 Å². The molecule has 1 aliphatic heterocycles. The van der Waals surface area contributed by atoms with Gasteiger partial charge in [-0.25, -0.2) is 0 Å². The van der Waals surface area contributed by atoms with Gasteiger partial charge in [-0.1, -0.05) is 56.1 Å². The molecule has 0 aliphatic carbocycles. The summed E-state index contributed by atoms with van der Waals surface area (Å²) in [5.74, 6) is 1.12. The van der Waals surface area contributed by atoms with Crippen molar-refractivity contribution in [1.29, 1.82) is 0 Å². The number of amides is 2. The van der Waals surface area contributed by atoms with Gasteiger partial charge in [-0.15, -0.1) is 0 Å². The highest BCUT2D eigenvalue weighted by atomic mass is 35.5. The lowest BCUT2D eigenvalue weighted by atomic mass is 10.0. The number of carbonyl (C=O) groups excluding carboxylic acids is 2. The molecule has 2 aromatic rings. The van der Waals surface area contributed by atoms with Crippen LogP contribution in [-0.2, 0) is 9.59 Å². The van der Waals surface area contributed by atoms with Gasteiger partial charge < -0.3 is 14.3 Å². The molecule has 32 heavy (non-hydrogen) atoms. The van der Waals surface area contributed by atoms with Gasteiger partial charge in [0.2, 0.25) is 23.5 Å². The van der Waals surface area contributed by atoms with Crippen molar-refractivity contribution in [2.75, 3.05) is 19.6 Å². The second-order valence-corrected chi connectivity index (χ2v) is 9.27. The zero-order valence-corrected chi connectivity index (χ0v) is 20.0. The molecule has 0 N–H and O–H groups in total. The molecule has 1 aliphatic rings. The number of piperidine rings is 1. The number of unbranched alkanes of at least 4 members (excludes halogenated alkanes) is 1. The normalized spacial score (nSPS) is 16.4. The van der Waals surface area contributed by atoms with Gasteiger partial charge >= 0.3 is 0 Å². The summed E-state index contributed by atoms with van der Waals surface area (Å²) in [4.78, 5) is 34.1. The lowest BCUT2D eigenvalue weighted by molar-refractivity contribution is -0.143. The topological polar surface area (TPSA) is 79.5 Å². The number of aromatic nitrogens is 2. The first-order chi connectivity index (χ1) is 15.4. The number of hydrogen-bond acceptors (Lipinski definition) is 5. The van der Waals surface area contributed by atoms with Crippen LogP contribution >= 0.6 is 11.6 Å². The maximum absolute atomic E-state index is 13.3. The van der Waals surface area contributed by atoms with Crippen LogP contribution in [0, 0.1) is 5.92 Å². The van der Waals surface area contributed by atoms with Crippen molar-refractivity contribution in [3.8, 4) is 11.4 Å². The SMILES string of the molecule is CCCCN(CC(=O)N1CCCCC1c1nc(-c2cccc(Cl)c2)no1)C(=O)CC(C)C. The first kappa shape index (κ1) is 24.2. The lowest BCUT2D eigenvalue weighted by Crippen LogP contribution is -2.46. The Bertz CT molecular complexity index is 914. The molecule has 1 aromatic heterocycles. The number of hydrogen-bond donors (Lipinski definition) is 0. The molecule has 3 rings (SSSR count). The van der Waals surface area contributed by atoms with Crippen molar-refractivity contribution in [3.05, 3.63) is 35.2 Å². The molecule has 1 atom stereocenters. The van der Waals surface area contributed by atoms with Crippen LogP contribution in [0.25, 0.3) is 11.4 Å². The first-order valence-corrected chi connectivity index (χ1v) is 11.9. The fourth-order valence-corrected chi connectivity index (χ4v) is 4.17. The van der Waals surface area contributed by atoms with Gasteiger partial charge in [0, 0.05) is 30.1 Å². The minimum Gasteiger partial charge on any atom is -0.337 e. The first-order valence-electron chi connectivity index (χ1n) is 11.6. The van der Waals surface area contributed by atoms with Crippen molar-refractivity contribution in [3.63, 3.8) is 0 Å². The Morgan fingerprint density at radius 1 is 1.31 bits per heavy atom. The average Bonchev–Trinajstić information content (AvgIpc) is 3.26. The van der Waals surface area contributed by atoms with Crippen molar-refractivity contribution in [2.45, 2.75) is 65.3 Å². The van der Waals surface area contributed by atoms with E-state index in [9.17, 15) is 9.59 Å². The standard InChI is InChI=1S/C24H33ClN4O3/c1-4-5-12-28(21(30)14-17(2)3)16-22(31)29-13-7-6-11-20(29)24-26-23(27-32-24)18-9-8-10-19(25)15-18/h8-10,15,17,20H,4-7,11-14,16H2,1-3H3. The zero-order valence-electron chi connectivity index (χ0n) is 19.2. The van der Waals surface area contributed by atoms with Crippen LogP contribution in [0.1, 0.15) is 71.2 Å². The summed E-state index contributed by atoms with van der Waals surface area (Å²) >= 11 is 6.09. The number of likely N-dealkylation sites (tertiary alicyclic amines) is 1. The molecule has 174 valence electrons. The summed E-state index contributed by atoms with van der Waals surface area (Å²) in [6, 6.07) is 7.01. The lowest BCUT2D eigenvalue weighted by Gasteiger charge is -2.35. The molecule has 0 bridgehead atoms. The summed E-state index contributed by atoms with van der Waals surface area (Å²) in [7, 11) is 0. The van der Waals surface area contributed by atoms with E-state index in [4.69, 9.17) is 16.1 Å². The summed E-state index contributed by atoms with van der Waals surface area (Å²) in [6.07, 6.45) is 4.97. The van der Waals surface area contributed by atoms with Crippen LogP contribution in [0.5, 0.6) is 0 Å². The van der Waals surface area contributed by atoms with Gasteiger partial charge in [0.05, 0.1) is 6.54 Å². The van der Waals surface area contributed by atoms with E-state index in [1.165, 1.54) is 0 Å². The Morgan fingerprint density at radius 3 is 2.84 bits per heavy atom. The van der Waals surface area contributed by atoms with Crippen LogP contribution in [-0.4, -0.2) is 51.4 Å². The highest BCUT2D eigenvalue weighted by molar-refractivity contribution is 6.30. The molecular weight excluding hydrogens is 428 g/mol. The molecule has 0 spiro atoms. The van der Waals surface area contributed by atoms with E-state index in [2.05, 4.69) is 17.1 Å². The minimum atomic E-state index is -0.273. The van der Waals surface area contributed by atoms with Crippen molar-refractivity contribution >= 4 is 23.4 Å². The van der Waals surface area contributed by atoms with E-state index < -0.39 is 0 Å². The highest BCUT2D eigenvalue weighted by Gasteiger charge is 2.33. The summed E-state index contributed by atoms with van der Waals surface area (Å²) in [5.41, 5.74) is 0.770. The van der Waals surface area contributed by atoms with Crippen LogP contribution in [0.4, 0.5) is 0 Å². The maximum atomic E-state index is 13.3. The largest absolute Gasteiger partial charge is 0.337 e. The molecule has 2 amide bonds. The Balaban J connectivity index is 1.75. The summed E-state index contributed by atoms with van der Waals surface area (Å²) in [6.45, 7) is 7.44. The van der Waals surface area contributed by atoms with Gasteiger partial charge in [0.15, 0.2) is 0 Å². The number of carbonyl (C=O) groups is 2. The Hall–Kier alpha value is -2.41. The Morgan fingerprint density at radius 2 is 2.12 bits per heavy atom. The molecule has 1 unspecified atom stereocenters. The predicted molar refractivity (Wildman–Crippen MR) is 124 cm³/mol. The molecule has 0 saturated carbocycles. The minimum absolute atomic E-state index is 0.0383. The second kappa shape index (κ2) is 11.5. The molecule has 0 radical (unpaired) electrons. The van der Waals surface area contributed by atoms with Gasteiger partial charge in [-0.05, 0) is 43.7 Å². The van der Waals surface area contributed by atoms with Crippen LogP contribution in [0.2, 0.25) is 5.02 Å². The highest BCUT2D eigenvalue weighted by Crippen LogP contribution is 2.31. The summed E-state index contributed by atoms with van der Waals surface area (Å²) in [5, 5.41) is 4.71. The molecule has 1 saturated heterocycles.